The molecule has 0 amide bonds. The summed E-state index contributed by atoms with van der Waals surface area (Å²) >= 11 is 0. The van der Waals surface area contributed by atoms with E-state index in [2.05, 4.69) is 32.3 Å². The zero-order chi connectivity index (χ0) is 12.5. The molecule has 2 atom stereocenters. The number of hydrogen-bond acceptors (Lipinski definition) is 6. The average Bonchev–Trinajstić information content (AvgIpc) is 2.86. The van der Waals surface area contributed by atoms with Crippen molar-refractivity contribution in [2.24, 2.45) is 5.73 Å². The van der Waals surface area contributed by atoms with Crippen LogP contribution in [0.1, 0.15) is 26.2 Å². The molecule has 18 heavy (non-hydrogen) atoms. The third kappa shape index (κ3) is 1.71. The number of nitrogens with two attached hydrogens (primary N) is 1. The van der Waals surface area contributed by atoms with E-state index in [1.807, 2.05) is 6.20 Å². The van der Waals surface area contributed by atoms with Gasteiger partial charge in [-0.05, 0) is 36.6 Å². The maximum Gasteiger partial charge on any atom is 0.199 e. The molecule has 2 aromatic heterocycles. The summed E-state index contributed by atoms with van der Waals surface area (Å²) in [6.45, 7) is 2.86. The first-order chi connectivity index (χ1) is 8.81. The van der Waals surface area contributed by atoms with E-state index in [4.69, 9.17) is 5.73 Å². The van der Waals surface area contributed by atoms with E-state index in [0.717, 1.165) is 18.7 Å². The third-order valence-corrected chi connectivity index (χ3v) is 3.65. The van der Waals surface area contributed by atoms with Crippen LogP contribution < -0.4 is 10.6 Å². The summed E-state index contributed by atoms with van der Waals surface area (Å²) in [4.78, 5) is 6.52. The van der Waals surface area contributed by atoms with Crippen LogP contribution in [0.3, 0.4) is 0 Å². The second-order valence-electron chi connectivity index (χ2n) is 4.79. The minimum absolute atomic E-state index is 0.338. The lowest BCUT2D eigenvalue weighted by Gasteiger charge is -2.41. The molecule has 3 rings (SSSR count). The molecule has 1 aliphatic heterocycles. The number of aromatic nitrogens is 5. The molecule has 2 aromatic rings. The van der Waals surface area contributed by atoms with Gasteiger partial charge in [0.25, 0.3) is 0 Å². The van der Waals surface area contributed by atoms with Gasteiger partial charge in [0.2, 0.25) is 0 Å². The van der Waals surface area contributed by atoms with Crippen LogP contribution in [0.5, 0.6) is 0 Å². The summed E-state index contributed by atoms with van der Waals surface area (Å²) in [5.74, 6) is 0.931. The fraction of sp³-hybridized carbons (Fsp3) is 0.636. The van der Waals surface area contributed by atoms with Crippen molar-refractivity contribution in [3.8, 4) is 0 Å². The van der Waals surface area contributed by atoms with E-state index in [9.17, 15) is 0 Å². The molecule has 96 valence electrons. The van der Waals surface area contributed by atoms with Crippen LogP contribution in [0.25, 0.3) is 5.65 Å². The smallest absolute Gasteiger partial charge is 0.199 e. The second-order valence-corrected chi connectivity index (χ2v) is 4.79. The monoisotopic (exact) mass is 247 g/mol. The first kappa shape index (κ1) is 11.3. The molecule has 7 nitrogen and oxygen atoms in total. The minimum atomic E-state index is 0.338. The second kappa shape index (κ2) is 4.49. The standard InChI is InChI=1S/C11H17N7/c1-8-3-2-4-9(5-12)17(8)11-7-13-6-10-14-15-16-18(10)11/h6-9H,2-5,12H2,1H3. The van der Waals surface area contributed by atoms with Crippen molar-refractivity contribution in [2.75, 3.05) is 11.4 Å². The molecular weight excluding hydrogens is 230 g/mol. The Kier molecular flexibility index (Phi) is 2.83. The maximum absolute atomic E-state index is 5.89. The highest BCUT2D eigenvalue weighted by Crippen LogP contribution is 2.28. The van der Waals surface area contributed by atoms with Crippen molar-refractivity contribution in [2.45, 2.75) is 38.3 Å². The summed E-state index contributed by atoms with van der Waals surface area (Å²) in [5.41, 5.74) is 6.56. The van der Waals surface area contributed by atoms with Gasteiger partial charge in [-0.15, -0.1) is 5.10 Å². The van der Waals surface area contributed by atoms with Crippen molar-refractivity contribution in [3.63, 3.8) is 0 Å². The fourth-order valence-electron chi connectivity index (χ4n) is 2.77. The molecule has 0 saturated carbocycles. The van der Waals surface area contributed by atoms with Crippen molar-refractivity contribution in [1.29, 1.82) is 0 Å². The largest absolute Gasteiger partial charge is 0.348 e. The molecule has 0 spiro atoms. The lowest BCUT2D eigenvalue weighted by atomic mass is 9.96. The van der Waals surface area contributed by atoms with Crippen molar-refractivity contribution in [1.82, 2.24) is 25.0 Å². The molecular formula is C11H17N7. The Bertz CT molecular complexity index is 537. The topological polar surface area (TPSA) is 85.2 Å². The normalized spacial score (nSPS) is 24.7. The predicted molar refractivity (Wildman–Crippen MR) is 67.2 cm³/mol. The van der Waals surface area contributed by atoms with Crippen LogP contribution in [0, 0.1) is 0 Å². The summed E-state index contributed by atoms with van der Waals surface area (Å²) in [5, 5.41) is 11.7. The maximum atomic E-state index is 5.89. The highest BCUT2D eigenvalue weighted by Gasteiger charge is 2.29. The Morgan fingerprint density at radius 3 is 3.11 bits per heavy atom. The molecule has 2 N–H and O–H groups in total. The van der Waals surface area contributed by atoms with Gasteiger partial charge in [-0.25, -0.2) is 0 Å². The van der Waals surface area contributed by atoms with Gasteiger partial charge >= 0.3 is 0 Å². The van der Waals surface area contributed by atoms with Gasteiger partial charge in [-0.3, -0.25) is 4.98 Å². The van der Waals surface area contributed by atoms with Crippen molar-refractivity contribution < 1.29 is 0 Å². The fourth-order valence-corrected chi connectivity index (χ4v) is 2.77. The van der Waals surface area contributed by atoms with Gasteiger partial charge in [0.15, 0.2) is 11.5 Å². The predicted octanol–water partition coefficient (Wildman–Crippen LogP) is 0.225. The van der Waals surface area contributed by atoms with Gasteiger partial charge in [-0.2, -0.15) is 4.52 Å². The third-order valence-electron chi connectivity index (χ3n) is 3.65. The van der Waals surface area contributed by atoms with Crippen LogP contribution in [-0.2, 0) is 0 Å². The summed E-state index contributed by atoms with van der Waals surface area (Å²) in [7, 11) is 0. The first-order valence-electron chi connectivity index (χ1n) is 6.31. The number of hydrogen-bond donors (Lipinski definition) is 1. The number of fused-ring (bicyclic) bond motifs is 1. The molecule has 2 unspecified atom stereocenters. The highest BCUT2D eigenvalue weighted by molar-refractivity contribution is 5.48. The number of rotatable bonds is 2. The molecule has 7 heteroatoms. The van der Waals surface area contributed by atoms with E-state index < -0.39 is 0 Å². The lowest BCUT2D eigenvalue weighted by Crippen LogP contribution is -2.49. The molecule has 0 aromatic carbocycles. The Hall–Kier alpha value is -1.76. The molecule has 0 aliphatic carbocycles. The van der Waals surface area contributed by atoms with Gasteiger partial charge in [0.1, 0.15) is 0 Å². The van der Waals surface area contributed by atoms with Crippen LogP contribution in [-0.4, -0.2) is 43.7 Å². The lowest BCUT2D eigenvalue weighted by molar-refractivity contribution is 0.394. The Morgan fingerprint density at radius 1 is 1.39 bits per heavy atom. The van der Waals surface area contributed by atoms with Gasteiger partial charge in [0, 0.05) is 18.6 Å². The molecule has 0 bridgehead atoms. The SMILES string of the molecule is CC1CCCC(CN)N1c1cncc2nnnn12. The van der Waals surface area contributed by atoms with Crippen LogP contribution in [0.15, 0.2) is 12.4 Å². The zero-order valence-corrected chi connectivity index (χ0v) is 10.4. The number of piperidine rings is 1. The molecule has 1 aliphatic rings. The van der Waals surface area contributed by atoms with E-state index in [1.54, 1.807) is 10.7 Å². The molecule has 3 heterocycles. The summed E-state index contributed by atoms with van der Waals surface area (Å²) < 4.78 is 1.73. The number of tetrazole rings is 1. The van der Waals surface area contributed by atoms with E-state index >= 15 is 0 Å². The van der Waals surface area contributed by atoms with Gasteiger partial charge < -0.3 is 10.6 Å². The van der Waals surface area contributed by atoms with Crippen molar-refractivity contribution >= 4 is 11.5 Å². The van der Waals surface area contributed by atoms with E-state index in [1.165, 1.54) is 6.42 Å². The van der Waals surface area contributed by atoms with E-state index in [-0.39, 0.29) is 0 Å². The zero-order valence-electron chi connectivity index (χ0n) is 10.4. The average molecular weight is 247 g/mol. The van der Waals surface area contributed by atoms with Crippen LogP contribution in [0.4, 0.5) is 5.82 Å². The Balaban J connectivity index is 2.08. The molecule has 1 fully saturated rings. The highest BCUT2D eigenvalue weighted by atomic mass is 15.5. The van der Waals surface area contributed by atoms with Crippen LogP contribution >= 0.6 is 0 Å². The summed E-state index contributed by atoms with van der Waals surface area (Å²) in [6, 6.07) is 0.772. The number of nitrogens with zero attached hydrogens (tertiary/aromatic N) is 6. The minimum Gasteiger partial charge on any atom is -0.348 e. The molecule has 0 radical (unpaired) electrons. The van der Waals surface area contributed by atoms with E-state index in [0.29, 0.717) is 24.3 Å². The van der Waals surface area contributed by atoms with Crippen molar-refractivity contribution in [3.05, 3.63) is 12.4 Å². The van der Waals surface area contributed by atoms with Crippen LogP contribution in [0.2, 0.25) is 0 Å². The first-order valence-corrected chi connectivity index (χ1v) is 6.31. The van der Waals surface area contributed by atoms with Gasteiger partial charge in [-0.1, -0.05) is 0 Å². The number of anilines is 1. The quantitative estimate of drug-likeness (QED) is 0.817. The Morgan fingerprint density at radius 2 is 2.28 bits per heavy atom. The van der Waals surface area contributed by atoms with Gasteiger partial charge in [0.05, 0.1) is 12.4 Å². The Labute approximate surface area is 105 Å². The molecule has 1 saturated heterocycles. The summed E-state index contributed by atoms with van der Waals surface area (Å²) in [6.07, 6.45) is 6.97.